The van der Waals surface area contributed by atoms with Gasteiger partial charge in [-0.05, 0) is 46.5 Å². The third-order valence-electron chi connectivity index (χ3n) is 2.90. The lowest BCUT2D eigenvalue weighted by Gasteiger charge is -2.25. The number of aliphatic hydroxyl groups excluding tert-OH is 1. The summed E-state index contributed by atoms with van der Waals surface area (Å²) in [5.74, 6) is -1.60. The van der Waals surface area contributed by atoms with Gasteiger partial charge >= 0.3 is 5.97 Å². The SMILES string of the molecule is CCOC(=O)C(C(C)C)C(O)c1ccc(F)c(Br)c1. The molecule has 0 radical (unpaired) electrons. The number of benzene rings is 1. The van der Waals surface area contributed by atoms with Crippen LogP contribution in [0.2, 0.25) is 0 Å². The fraction of sp³-hybridized carbons (Fsp3) is 0.500. The van der Waals surface area contributed by atoms with E-state index in [9.17, 15) is 14.3 Å². The predicted molar refractivity (Wildman–Crippen MR) is 74.0 cm³/mol. The fourth-order valence-electron chi connectivity index (χ4n) is 1.91. The zero-order valence-corrected chi connectivity index (χ0v) is 12.8. The van der Waals surface area contributed by atoms with Crippen molar-refractivity contribution in [3.63, 3.8) is 0 Å². The molecule has 19 heavy (non-hydrogen) atoms. The summed E-state index contributed by atoms with van der Waals surface area (Å²) < 4.78 is 18.4. The van der Waals surface area contributed by atoms with Crippen molar-refractivity contribution in [3.05, 3.63) is 34.1 Å². The maximum absolute atomic E-state index is 13.2. The summed E-state index contributed by atoms with van der Waals surface area (Å²) in [5.41, 5.74) is 0.486. The quantitative estimate of drug-likeness (QED) is 0.840. The third kappa shape index (κ3) is 4.01. The Labute approximate surface area is 120 Å². The van der Waals surface area contributed by atoms with Crippen molar-refractivity contribution in [3.8, 4) is 0 Å². The third-order valence-corrected chi connectivity index (χ3v) is 3.51. The van der Waals surface area contributed by atoms with E-state index in [0.29, 0.717) is 5.56 Å². The molecular formula is C14H18BrFO3. The minimum absolute atomic E-state index is 0.0853. The second kappa shape index (κ2) is 7.01. The van der Waals surface area contributed by atoms with Crippen molar-refractivity contribution < 1.29 is 19.0 Å². The van der Waals surface area contributed by atoms with E-state index in [0.717, 1.165) is 0 Å². The standard InChI is InChI=1S/C14H18BrFO3/c1-4-19-14(18)12(8(2)3)13(17)9-5-6-11(16)10(15)7-9/h5-8,12-13,17H,4H2,1-3H3. The molecule has 5 heteroatoms. The van der Waals surface area contributed by atoms with E-state index in [1.165, 1.54) is 18.2 Å². The van der Waals surface area contributed by atoms with Gasteiger partial charge in [0.05, 0.1) is 23.1 Å². The number of carbonyl (C=O) groups excluding carboxylic acids is 1. The molecule has 1 N–H and O–H groups in total. The molecule has 0 aliphatic carbocycles. The molecule has 1 rings (SSSR count). The largest absolute Gasteiger partial charge is 0.466 e. The molecule has 0 heterocycles. The fourth-order valence-corrected chi connectivity index (χ4v) is 2.30. The molecule has 2 unspecified atom stereocenters. The van der Waals surface area contributed by atoms with Crippen molar-refractivity contribution in [2.75, 3.05) is 6.61 Å². The Morgan fingerprint density at radius 3 is 2.58 bits per heavy atom. The molecule has 1 aromatic carbocycles. The molecule has 1 aromatic rings. The van der Waals surface area contributed by atoms with Gasteiger partial charge in [-0.3, -0.25) is 4.79 Å². The lowest BCUT2D eigenvalue weighted by Crippen LogP contribution is -2.29. The normalized spacial score (nSPS) is 14.3. The van der Waals surface area contributed by atoms with Crippen LogP contribution < -0.4 is 0 Å². The van der Waals surface area contributed by atoms with Crippen LogP contribution in [0, 0.1) is 17.7 Å². The Morgan fingerprint density at radius 1 is 1.47 bits per heavy atom. The zero-order chi connectivity index (χ0) is 14.6. The van der Waals surface area contributed by atoms with Crippen LogP contribution in [-0.4, -0.2) is 17.7 Å². The van der Waals surface area contributed by atoms with Crippen molar-refractivity contribution in [1.82, 2.24) is 0 Å². The van der Waals surface area contributed by atoms with Gasteiger partial charge in [0, 0.05) is 0 Å². The van der Waals surface area contributed by atoms with Crippen LogP contribution in [0.1, 0.15) is 32.4 Å². The first-order valence-electron chi connectivity index (χ1n) is 6.18. The van der Waals surface area contributed by atoms with Crippen molar-refractivity contribution in [1.29, 1.82) is 0 Å². The summed E-state index contributed by atoms with van der Waals surface area (Å²) in [4.78, 5) is 11.9. The highest BCUT2D eigenvalue weighted by Crippen LogP contribution is 2.31. The van der Waals surface area contributed by atoms with Gasteiger partial charge in [0.2, 0.25) is 0 Å². The van der Waals surface area contributed by atoms with Gasteiger partial charge in [0.15, 0.2) is 0 Å². The highest BCUT2D eigenvalue weighted by atomic mass is 79.9. The average molecular weight is 333 g/mol. The molecular weight excluding hydrogens is 315 g/mol. The smallest absolute Gasteiger partial charge is 0.312 e. The molecule has 0 saturated heterocycles. The van der Waals surface area contributed by atoms with Crippen LogP contribution in [-0.2, 0) is 9.53 Å². The monoisotopic (exact) mass is 332 g/mol. The number of halogens is 2. The Kier molecular flexibility index (Phi) is 5.94. The molecule has 0 fully saturated rings. The summed E-state index contributed by atoms with van der Waals surface area (Å²) in [6.07, 6.45) is -1.02. The van der Waals surface area contributed by atoms with Gasteiger partial charge in [0.25, 0.3) is 0 Å². The predicted octanol–water partition coefficient (Wildman–Crippen LogP) is 3.46. The highest BCUT2D eigenvalue weighted by molar-refractivity contribution is 9.10. The van der Waals surface area contributed by atoms with E-state index in [1.807, 2.05) is 13.8 Å². The molecule has 0 amide bonds. The number of carbonyl (C=O) groups is 1. The summed E-state index contributed by atoms with van der Waals surface area (Å²) in [7, 11) is 0. The summed E-state index contributed by atoms with van der Waals surface area (Å²) >= 11 is 3.07. The van der Waals surface area contributed by atoms with Crippen LogP contribution in [0.4, 0.5) is 4.39 Å². The lowest BCUT2D eigenvalue weighted by molar-refractivity contribution is -0.154. The molecule has 0 saturated carbocycles. The van der Waals surface area contributed by atoms with Crippen LogP contribution in [0.15, 0.2) is 22.7 Å². The number of rotatable bonds is 5. The van der Waals surface area contributed by atoms with Gasteiger partial charge < -0.3 is 9.84 Å². The van der Waals surface area contributed by atoms with Gasteiger partial charge in [-0.15, -0.1) is 0 Å². The first kappa shape index (κ1) is 16.1. The summed E-state index contributed by atoms with van der Waals surface area (Å²) in [6.45, 7) is 5.66. The minimum Gasteiger partial charge on any atom is -0.466 e. The Morgan fingerprint density at radius 2 is 2.11 bits per heavy atom. The van der Waals surface area contributed by atoms with E-state index in [4.69, 9.17) is 4.74 Å². The van der Waals surface area contributed by atoms with E-state index < -0.39 is 23.8 Å². The number of hydrogen-bond acceptors (Lipinski definition) is 3. The van der Waals surface area contributed by atoms with Crippen molar-refractivity contribution in [2.24, 2.45) is 11.8 Å². The second-order valence-electron chi connectivity index (χ2n) is 4.64. The average Bonchev–Trinajstić information content (AvgIpc) is 2.32. The van der Waals surface area contributed by atoms with E-state index in [1.54, 1.807) is 6.92 Å². The van der Waals surface area contributed by atoms with Gasteiger partial charge in [-0.1, -0.05) is 19.9 Å². The highest BCUT2D eigenvalue weighted by Gasteiger charge is 2.32. The van der Waals surface area contributed by atoms with E-state index >= 15 is 0 Å². The van der Waals surface area contributed by atoms with Crippen LogP contribution in [0.5, 0.6) is 0 Å². The minimum atomic E-state index is -1.02. The molecule has 3 nitrogen and oxygen atoms in total. The first-order valence-corrected chi connectivity index (χ1v) is 6.97. The Hall–Kier alpha value is -0.940. The molecule has 106 valence electrons. The van der Waals surface area contributed by atoms with Crippen molar-refractivity contribution in [2.45, 2.75) is 26.9 Å². The number of hydrogen-bond donors (Lipinski definition) is 1. The molecule has 0 aromatic heterocycles. The number of ether oxygens (including phenoxy) is 1. The number of esters is 1. The Balaban J connectivity index is 3.01. The van der Waals surface area contributed by atoms with Crippen LogP contribution in [0.25, 0.3) is 0 Å². The van der Waals surface area contributed by atoms with Gasteiger partial charge in [-0.25, -0.2) is 4.39 Å². The topological polar surface area (TPSA) is 46.5 Å². The zero-order valence-electron chi connectivity index (χ0n) is 11.2. The second-order valence-corrected chi connectivity index (χ2v) is 5.49. The Bertz CT molecular complexity index is 448. The lowest BCUT2D eigenvalue weighted by atomic mass is 9.86. The van der Waals surface area contributed by atoms with Crippen LogP contribution >= 0.6 is 15.9 Å². The first-order chi connectivity index (χ1) is 8.88. The van der Waals surface area contributed by atoms with Gasteiger partial charge in [0.1, 0.15) is 5.82 Å². The number of aliphatic hydroxyl groups is 1. The molecule has 0 aliphatic rings. The molecule has 0 aliphatic heterocycles. The molecule has 0 spiro atoms. The maximum atomic E-state index is 13.2. The van der Waals surface area contributed by atoms with Crippen molar-refractivity contribution >= 4 is 21.9 Å². The molecule has 2 atom stereocenters. The summed E-state index contributed by atoms with van der Waals surface area (Å²) in [6, 6.07) is 4.21. The summed E-state index contributed by atoms with van der Waals surface area (Å²) in [5, 5.41) is 10.3. The van der Waals surface area contributed by atoms with E-state index in [-0.39, 0.29) is 17.0 Å². The van der Waals surface area contributed by atoms with Crippen LogP contribution in [0.3, 0.4) is 0 Å². The van der Waals surface area contributed by atoms with E-state index in [2.05, 4.69) is 15.9 Å². The maximum Gasteiger partial charge on any atom is 0.312 e. The molecule has 0 bridgehead atoms. The van der Waals surface area contributed by atoms with Gasteiger partial charge in [-0.2, -0.15) is 0 Å².